The molecule has 0 bridgehead atoms. The standard InChI is InChI=1S/C25H32N4O3/c1-25(2,7-12-30)28-24(31)22(18-26)16-19-3-4-21-17-23(6-5-20(21)15-19)27-8-9-29-10-13-32-14-11-29/h3-6,15-17,27,30H,7-14H2,1-2H3,(H,28,31)/b22-16+. The number of benzene rings is 2. The largest absolute Gasteiger partial charge is 0.396 e. The van der Waals surface area contributed by atoms with Crippen LogP contribution in [0.15, 0.2) is 42.0 Å². The van der Waals surface area contributed by atoms with E-state index in [0.717, 1.165) is 61.4 Å². The summed E-state index contributed by atoms with van der Waals surface area (Å²) in [7, 11) is 0. The lowest BCUT2D eigenvalue weighted by Crippen LogP contribution is -2.44. The minimum absolute atomic E-state index is 0.0341. The normalized spacial score (nSPS) is 15.4. The molecule has 1 fully saturated rings. The third-order valence-corrected chi connectivity index (χ3v) is 5.59. The summed E-state index contributed by atoms with van der Waals surface area (Å²) in [6.45, 7) is 9.04. The second-order valence-electron chi connectivity index (χ2n) is 8.68. The van der Waals surface area contributed by atoms with Gasteiger partial charge in [0.05, 0.1) is 13.2 Å². The van der Waals surface area contributed by atoms with Crippen molar-refractivity contribution in [3.8, 4) is 6.07 Å². The smallest absolute Gasteiger partial charge is 0.262 e. The Bertz CT molecular complexity index is 1000. The van der Waals surface area contributed by atoms with Gasteiger partial charge in [-0.25, -0.2) is 0 Å². The summed E-state index contributed by atoms with van der Waals surface area (Å²) in [4.78, 5) is 14.9. The number of carbonyl (C=O) groups is 1. The molecule has 1 heterocycles. The van der Waals surface area contributed by atoms with Crippen molar-refractivity contribution < 1.29 is 14.6 Å². The molecule has 0 radical (unpaired) electrons. The minimum Gasteiger partial charge on any atom is -0.396 e. The second-order valence-corrected chi connectivity index (χ2v) is 8.68. The van der Waals surface area contributed by atoms with E-state index in [2.05, 4.69) is 21.6 Å². The number of fused-ring (bicyclic) bond motifs is 1. The average molecular weight is 437 g/mol. The Hall–Kier alpha value is -2.92. The number of anilines is 1. The van der Waals surface area contributed by atoms with Crippen LogP contribution in [-0.2, 0) is 9.53 Å². The van der Waals surface area contributed by atoms with Crippen LogP contribution in [0, 0.1) is 11.3 Å². The molecular formula is C25H32N4O3. The average Bonchev–Trinajstić information content (AvgIpc) is 2.77. The van der Waals surface area contributed by atoms with Crippen molar-refractivity contribution in [2.75, 3.05) is 51.3 Å². The number of nitriles is 1. The van der Waals surface area contributed by atoms with E-state index in [4.69, 9.17) is 9.84 Å². The summed E-state index contributed by atoms with van der Waals surface area (Å²) in [6.07, 6.45) is 2.01. The van der Waals surface area contributed by atoms with Crippen molar-refractivity contribution in [2.24, 2.45) is 0 Å². The first kappa shape index (κ1) is 23.7. The molecule has 0 aromatic heterocycles. The number of hydrogen-bond acceptors (Lipinski definition) is 6. The molecule has 1 aliphatic rings. The number of rotatable bonds is 9. The number of nitrogens with zero attached hydrogens (tertiary/aromatic N) is 2. The second kappa shape index (κ2) is 11.1. The van der Waals surface area contributed by atoms with Crippen LogP contribution in [0.4, 0.5) is 5.69 Å². The van der Waals surface area contributed by atoms with Gasteiger partial charge in [0.2, 0.25) is 0 Å². The predicted molar refractivity (Wildman–Crippen MR) is 127 cm³/mol. The molecular weight excluding hydrogens is 404 g/mol. The Labute approximate surface area is 189 Å². The maximum atomic E-state index is 12.5. The van der Waals surface area contributed by atoms with Crippen molar-refractivity contribution >= 4 is 28.4 Å². The molecule has 32 heavy (non-hydrogen) atoms. The van der Waals surface area contributed by atoms with Crippen LogP contribution >= 0.6 is 0 Å². The van der Waals surface area contributed by atoms with Crippen molar-refractivity contribution in [3.63, 3.8) is 0 Å². The first-order valence-corrected chi connectivity index (χ1v) is 11.0. The number of ether oxygens (including phenoxy) is 1. The summed E-state index contributed by atoms with van der Waals surface area (Å²) >= 11 is 0. The van der Waals surface area contributed by atoms with Crippen LogP contribution in [-0.4, -0.2) is 67.5 Å². The molecule has 0 spiro atoms. The molecule has 3 N–H and O–H groups in total. The molecule has 7 heteroatoms. The van der Waals surface area contributed by atoms with E-state index in [0.29, 0.717) is 6.42 Å². The van der Waals surface area contributed by atoms with E-state index in [9.17, 15) is 10.1 Å². The van der Waals surface area contributed by atoms with Gasteiger partial charge < -0.3 is 20.5 Å². The SMILES string of the molecule is CC(C)(CCO)NC(=O)/C(C#N)=C/c1ccc2cc(NCCN3CCOCC3)ccc2c1. The van der Waals surface area contributed by atoms with Gasteiger partial charge in [-0.2, -0.15) is 5.26 Å². The van der Waals surface area contributed by atoms with Crippen molar-refractivity contribution in [1.29, 1.82) is 5.26 Å². The number of carbonyl (C=O) groups excluding carboxylic acids is 1. The Morgan fingerprint density at radius 1 is 1.22 bits per heavy atom. The van der Waals surface area contributed by atoms with Crippen LogP contribution < -0.4 is 10.6 Å². The molecule has 3 rings (SSSR count). The zero-order chi connectivity index (χ0) is 23.0. The molecule has 1 saturated heterocycles. The van der Waals surface area contributed by atoms with Gasteiger partial charge in [0.25, 0.3) is 5.91 Å². The van der Waals surface area contributed by atoms with Gasteiger partial charge in [-0.3, -0.25) is 9.69 Å². The number of aliphatic hydroxyl groups is 1. The maximum Gasteiger partial charge on any atom is 0.262 e. The Kier molecular flexibility index (Phi) is 8.23. The fraction of sp³-hybridized carbons (Fsp3) is 0.440. The first-order chi connectivity index (χ1) is 15.4. The van der Waals surface area contributed by atoms with Crippen LogP contribution in [0.25, 0.3) is 16.8 Å². The molecule has 7 nitrogen and oxygen atoms in total. The summed E-state index contributed by atoms with van der Waals surface area (Å²) in [6, 6.07) is 14.1. The molecule has 0 aliphatic carbocycles. The van der Waals surface area contributed by atoms with E-state index in [1.165, 1.54) is 0 Å². The highest BCUT2D eigenvalue weighted by molar-refractivity contribution is 6.02. The highest BCUT2D eigenvalue weighted by Gasteiger charge is 2.21. The summed E-state index contributed by atoms with van der Waals surface area (Å²) < 4.78 is 5.38. The summed E-state index contributed by atoms with van der Waals surface area (Å²) in [5, 5.41) is 27.0. The van der Waals surface area contributed by atoms with Gasteiger partial charge >= 0.3 is 0 Å². The van der Waals surface area contributed by atoms with Crippen LogP contribution in [0.1, 0.15) is 25.8 Å². The number of aliphatic hydroxyl groups excluding tert-OH is 1. The first-order valence-electron chi connectivity index (χ1n) is 11.0. The molecule has 0 atom stereocenters. The third-order valence-electron chi connectivity index (χ3n) is 5.59. The molecule has 170 valence electrons. The zero-order valence-electron chi connectivity index (χ0n) is 18.9. The van der Waals surface area contributed by atoms with Gasteiger partial charge in [-0.15, -0.1) is 0 Å². The van der Waals surface area contributed by atoms with Gasteiger partial charge in [-0.1, -0.05) is 18.2 Å². The monoisotopic (exact) mass is 436 g/mol. The van der Waals surface area contributed by atoms with Crippen LogP contribution in [0.2, 0.25) is 0 Å². The fourth-order valence-corrected chi connectivity index (χ4v) is 3.68. The van der Waals surface area contributed by atoms with Gasteiger partial charge in [0.15, 0.2) is 0 Å². The van der Waals surface area contributed by atoms with E-state index in [1.54, 1.807) is 6.08 Å². The molecule has 0 saturated carbocycles. The highest BCUT2D eigenvalue weighted by atomic mass is 16.5. The van der Waals surface area contributed by atoms with E-state index in [-0.39, 0.29) is 12.2 Å². The van der Waals surface area contributed by atoms with Crippen LogP contribution in [0.3, 0.4) is 0 Å². The van der Waals surface area contributed by atoms with E-state index in [1.807, 2.05) is 50.2 Å². The lowest BCUT2D eigenvalue weighted by atomic mass is 10.00. The minimum atomic E-state index is -0.587. The van der Waals surface area contributed by atoms with Crippen molar-refractivity contribution in [1.82, 2.24) is 10.2 Å². The molecule has 2 aromatic rings. The highest BCUT2D eigenvalue weighted by Crippen LogP contribution is 2.22. The number of morpholine rings is 1. The third kappa shape index (κ3) is 6.79. The van der Waals surface area contributed by atoms with Crippen molar-refractivity contribution in [2.45, 2.75) is 25.8 Å². The molecule has 0 unspecified atom stereocenters. The van der Waals surface area contributed by atoms with Crippen LogP contribution in [0.5, 0.6) is 0 Å². The lowest BCUT2D eigenvalue weighted by molar-refractivity contribution is -0.118. The van der Waals surface area contributed by atoms with Gasteiger partial charge in [-0.05, 0) is 60.9 Å². The number of nitrogens with one attached hydrogen (secondary N) is 2. The Morgan fingerprint density at radius 2 is 1.94 bits per heavy atom. The summed E-state index contributed by atoms with van der Waals surface area (Å²) in [5.41, 5.74) is 1.31. The summed E-state index contributed by atoms with van der Waals surface area (Å²) in [5.74, 6) is -0.439. The number of amides is 1. The Morgan fingerprint density at radius 3 is 2.66 bits per heavy atom. The number of hydrogen-bond donors (Lipinski definition) is 3. The van der Waals surface area contributed by atoms with Gasteiger partial charge in [0.1, 0.15) is 11.6 Å². The topological polar surface area (TPSA) is 97.6 Å². The molecule has 1 amide bonds. The Balaban J connectivity index is 1.65. The maximum absolute atomic E-state index is 12.5. The lowest BCUT2D eigenvalue weighted by Gasteiger charge is -2.26. The van der Waals surface area contributed by atoms with E-state index >= 15 is 0 Å². The van der Waals surface area contributed by atoms with Gasteiger partial charge in [0, 0.05) is 44.0 Å². The fourth-order valence-electron chi connectivity index (χ4n) is 3.68. The van der Waals surface area contributed by atoms with Crippen molar-refractivity contribution in [3.05, 3.63) is 47.5 Å². The predicted octanol–water partition coefficient (Wildman–Crippen LogP) is 2.77. The zero-order valence-corrected chi connectivity index (χ0v) is 18.9. The quantitative estimate of drug-likeness (QED) is 0.413. The molecule has 2 aromatic carbocycles. The molecule has 1 aliphatic heterocycles. The van der Waals surface area contributed by atoms with E-state index < -0.39 is 11.4 Å².